The number of benzene rings is 1. The Morgan fingerprint density at radius 3 is 2.62 bits per heavy atom. The number of amides is 3. The molecule has 142 valence electrons. The lowest BCUT2D eigenvalue weighted by atomic mass is 10.0. The Balaban J connectivity index is 1.38. The highest BCUT2D eigenvalue weighted by molar-refractivity contribution is 7.99. The van der Waals surface area contributed by atoms with Crippen LogP contribution in [0.4, 0.5) is 14.9 Å². The molecule has 26 heavy (non-hydrogen) atoms. The molecule has 3 N–H and O–H groups in total. The molecule has 2 aliphatic heterocycles. The van der Waals surface area contributed by atoms with Gasteiger partial charge in [-0.1, -0.05) is 0 Å². The molecule has 1 aromatic rings. The molecule has 1 atom stereocenters. The number of piperidine rings is 1. The van der Waals surface area contributed by atoms with Crippen LogP contribution in [0.1, 0.15) is 19.3 Å². The van der Waals surface area contributed by atoms with Gasteiger partial charge < -0.3 is 20.9 Å². The SMILES string of the molecule is O=C(Nc1ccc(F)cc1)NC1CCN(C(=O)CC2CSCCN2)CC1. The van der Waals surface area contributed by atoms with E-state index in [1.807, 2.05) is 16.7 Å². The predicted octanol–water partition coefficient (Wildman–Crippen LogP) is 2.03. The largest absolute Gasteiger partial charge is 0.342 e. The predicted molar refractivity (Wildman–Crippen MR) is 102 cm³/mol. The molecule has 0 aromatic heterocycles. The molecule has 0 saturated carbocycles. The highest BCUT2D eigenvalue weighted by atomic mass is 32.2. The second kappa shape index (κ2) is 9.23. The lowest BCUT2D eigenvalue weighted by Crippen LogP contribution is -2.49. The summed E-state index contributed by atoms with van der Waals surface area (Å²) in [6.45, 7) is 2.30. The first-order valence-electron chi connectivity index (χ1n) is 9.02. The quantitative estimate of drug-likeness (QED) is 0.747. The van der Waals surface area contributed by atoms with Gasteiger partial charge in [-0.25, -0.2) is 9.18 Å². The molecule has 2 fully saturated rings. The summed E-state index contributed by atoms with van der Waals surface area (Å²) in [4.78, 5) is 26.3. The monoisotopic (exact) mass is 380 g/mol. The molecule has 1 unspecified atom stereocenters. The first kappa shape index (κ1) is 19.0. The molecule has 0 aliphatic carbocycles. The Kier molecular flexibility index (Phi) is 6.73. The normalized spacial score (nSPS) is 21.3. The van der Waals surface area contributed by atoms with Crippen LogP contribution in [-0.2, 0) is 4.79 Å². The van der Waals surface area contributed by atoms with Crippen molar-refractivity contribution in [2.45, 2.75) is 31.3 Å². The molecule has 0 bridgehead atoms. The number of carbonyl (C=O) groups is 2. The summed E-state index contributed by atoms with van der Waals surface area (Å²) in [6, 6.07) is 5.67. The highest BCUT2D eigenvalue weighted by Gasteiger charge is 2.26. The smallest absolute Gasteiger partial charge is 0.319 e. The van der Waals surface area contributed by atoms with E-state index in [1.54, 1.807) is 0 Å². The molecular formula is C18H25FN4O2S. The fourth-order valence-electron chi connectivity index (χ4n) is 3.25. The zero-order valence-corrected chi connectivity index (χ0v) is 15.5. The van der Waals surface area contributed by atoms with Crippen molar-refractivity contribution in [1.82, 2.24) is 15.5 Å². The van der Waals surface area contributed by atoms with Gasteiger partial charge in [-0.15, -0.1) is 0 Å². The number of thioether (sulfide) groups is 1. The number of rotatable bonds is 4. The Morgan fingerprint density at radius 1 is 1.23 bits per heavy atom. The third-order valence-electron chi connectivity index (χ3n) is 4.70. The number of hydrogen-bond acceptors (Lipinski definition) is 4. The molecular weight excluding hydrogens is 355 g/mol. The fraction of sp³-hybridized carbons (Fsp3) is 0.556. The first-order chi connectivity index (χ1) is 12.6. The topological polar surface area (TPSA) is 73.5 Å². The van der Waals surface area contributed by atoms with Crippen LogP contribution in [0.15, 0.2) is 24.3 Å². The molecule has 6 nitrogen and oxygen atoms in total. The highest BCUT2D eigenvalue weighted by Crippen LogP contribution is 2.16. The van der Waals surface area contributed by atoms with E-state index in [2.05, 4.69) is 16.0 Å². The van der Waals surface area contributed by atoms with Crippen molar-refractivity contribution in [1.29, 1.82) is 0 Å². The molecule has 2 heterocycles. The van der Waals surface area contributed by atoms with Gasteiger partial charge in [0.05, 0.1) is 0 Å². The molecule has 2 aliphatic rings. The second-order valence-corrected chi connectivity index (χ2v) is 7.84. The zero-order chi connectivity index (χ0) is 18.4. The van der Waals surface area contributed by atoms with E-state index >= 15 is 0 Å². The van der Waals surface area contributed by atoms with Crippen LogP contribution >= 0.6 is 11.8 Å². The summed E-state index contributed by atoms with van der Waals surface area (Å²) in [5, 5.41) is 9.02. The fourth-order valence-corrected chi connectivity index (χ4v) is 4.20. The van der Waals surface area contributed by atoms with Crippen LogP contribution in [0, 0.1) is 5.82 Å². The average Bonchev–Trinajstić information content (AvgIpc) is 2.65. The Hall–Kier alpha value is -1.80. The van der Waals surface area contributed by atoms with E-state index in [9.17, 15) is 14.0 Å². The first-order valence-corrected chi connectivity index (χ1v) is 10.2. The summed E-state index contributed by atoms with van der Waals surface area (Å²) in [5.74, 6) is 1.96. The van der Waals surface area contributed by atoms with Crippen molar-refractivity contribution in [3.8, 4) is 0 Å². The van der Waals surface area contributed by atoms with Crippen molar-refractivity contribution in [2.24, 2.45) is 0 Å². The number of carbonyl (C=O) groups excluding carboxylic acids is 2. The second-order valence-electron chi connectivity index (χ2n) is 6.69. The van der Waals surface area contributed by atoms with Gasteiger partial charge >= 0.3 is 6.03 Å². The Bertz CT molecular complexity index is 614. The molecule has 3 rings (SSSR count). The van der Waals surface area contributed by atoms with Gasteiger partial charge in [0.15, 0.2) is 0 Å². The van der Waals surface area contributed by atoms with Crippen LogP contribution in [0.2, 0.25) is 0 Å². The van der Waals surface area contributed by atoms with E-state index in [-0.39, 0.29) is 29.8 Å². The number of anilines is 1. The number of likely N-dealkylation sites (tertiary alicyclic amines) is 1. The van der Waals surface area contributed by atoms with Crippen molar-refractivity contribution in [2.75, 3.05) is 36.5 Å². The molecule has 1 aromatic carbocycles. The van der Waals surface area contributed by atoms with Crippen LogP contribution in [0.5, 0.6) is 0 Å². The third kappa shape index (κ3) is 5.60. The lowest BCUT2D eigenvalue weighted by Gasteiger charge is -2.33. The van der Waals surface area contributed by atoms with E-state index < -0.39 is 0 Å². The van der Waals surface area contributed by atoms with Crippen LogP contribution in [0.3, 0.4) is 0 Å². The minimum atomic E-state index is -0.338. The van der Waals surface area contributed by atoms with E-state index in [1.165, 1.54) is 24.3 Å². The molecule has 0 radical (unpaired) electrons. The standard InChI is InChI=1S/C18H25FN4O2S/c19-13-1-3-14(4-2-13)21-18(25)22-15-5-8-23(9-6-15)17(24)11-16-12-26-10-7-20-16/h1-4,15-16,20H,5-12H2,(H2,21,22,25). The maximum atomic E-state index is 12.9. The van der Waals surface area contributed by atoms with Crippen LogP contribution < -0.4 is 16.0 Å². The average molecular weight is 380 g/mol. The van der Waals surface area contributed by atoms with Crippen molar-refractivity contribution < 1.29 is 14.0 Å². The zero-order valence-electron chi connectivity index (χ0n) is 14.7. The van der Waals surface area contributed by atoms with Gasteiger partial charge in [-0.05, 0) is 37.1 Å². The van der Waals surface area contributed by atoms with Gasteiger partial charge in [0.25, 0.3) is 0 Å². The Morgan fingerprint density at radius 2 is 1.96 bits per heavy atom. The summed E-state index contributed by atoms with van der Waals surface area (Å²) < 4.78 is 12.9. The van der Waals surface area contributed by atoms with Gasteiger partial charge in [0.2, 0.25) is 5.91 Å². The minimum Gasteiger partial charge on any atom is -0.342 e. The van der Waals surface area contributed by atoms with Gasteiger partial charge in [-0.2, -0.15) is 11.8 Å². The van der Waals surface area contributed by atoms with Crippen LogP contribution in [0.25, 0.3) is 0 Å². The number of urea groups is 1. The van der Waals surface area contributed by atoms with Crippen molar-refractivity contribution in [3.05, 3.63) is 30.1 Å². The minimum absolute atomic E-state index is 0.0443. The number of halogens is 1. The summed E-state index contributed by atoms with van der Waals surface area (Å²) >= 11 is 1.89. The van der Waals surface area contributed by atoms with Crippen LogP contribution in [-0.4, -0.2) is 60.1 Å². The van der Waals surface area contributed by atoms with E-state index in [0.717, 1.165) is 30.9 Å². The van der Waals surface area contributed by atoms with Gasteiger partial charge in [0, 0.05) is 55.3 Å². The molecule has 8 heteroatoms. The Labute approximate surface area is 157 Å². The van der Waals surface area contributed by atoms with E-state index in [4.69, 9.17) is 0 Å². The summed E-state index contributed by atoms with van der Waals surface area (Å²) in [6.07, 6.45) is 2.04. The maximum absolute atomic E-state index is 12.9. The number of nitrogens with zero attached hydrogens (tertiary/aromatic N) is 1. The third-order valence-corrected chi connectivity index (χ3v) is 5.84. The van der Waals surface area contributed by atoms with Gasteiger partial charge in [-0.3, -0.25) is 4.79 Å². The summed E-state index contributed by atoms with van der Waals surface area (Å²) in [7, 11) is 0. The molecule has 0 spiro atoms. The lowest BCUT2D eigenvalue weighted by molar-refractivity contribution is -0.132. The van der Waals surface area contributed by atoms with E-state index in [0.29, 0.717) is 25.2 Å². The van der Waals surface area contributed by atoms with Crippen molar-refractivity contribution in [3.63, 3.8) is 0 Å². The number of hydrogen-bond donors (Lipinski definition) is 3. The molecule has 2 saturated heterocycles. The van der Waals surface area contributed by atoms with Crippen molar-refractivity contribution >= 4 is 29.4 Å². The summed E-state index contributed by atoms with van der Waals surface area (Å²) in [5.41, 5.74) is 0.550. The maximum Gasteiger partial charge on any atom is 0.319 e. The number of nitrogens with one attached hydrogen (secondary N) is 3. The van der Waals surface area contributed by atoms with Gasteiger partial charge in [0.1, 0.15) is 5.82 Å². The molecule has 3 amide bonds.